The average Bonchev–Trinajstić information content (AvgIpc) is 2.77. The molecule has 0 unspecified atom stereocenters. The minimum atomic E-state index is -0.495. The van der Waals surface area contributed by atoms with Crippen LogP contribution in [-0.2, 0) is 19.0 Å². The topological polar surface area (TPSA) is 56.8 Å². The summed E-state index contributed by atoms with van der Waals surface area (Å²) in [5.74, 6) is -0.639. The first-order valence-electron chi connectivity index (χ1n) is 6.09. The van der Waals surface area contributed by atoms with Gasteiger partial charge in [0.2, 0.25) is 0 Å². The molecular formula is C12H23NO4. The van der Waals surface area contributed by atoms with E-state index in [9.17, 15) is 4.79 Å². The zero-order valence-electron chi connectivity index (χ0n) is 11.0. The Morgan fingerprint density at radius 2 is 2.00 bits per heavy atom. The highest BCUT2D eigenvalue weighted by Gasteiger charge is 2.42. The Balaban J connectivity index is 2.28. The van der Waals surface area contributed by atoms with Crippen LogP contribution in [0.25, 0.3) is 0 Å². The van der Waals surface area contributed by atoms with Gasteiger partial charge in [-0.25, -0.2) is 0 Å². The highest BCUT2D eigenvalue weighted by atomic mass is 16.7. The number of ether oxygens (including phenoxy) is 3. The van der Waals surface area contributed by atoms with Crippen LogP contribution in [-0.4, -0.2) is 45.7 Å². The summed E-state index contributed by atoms with van der Waals surface area (Å²) >= 11 is 0. The zero-order valence-corrected chi connectivity index (χ0v) is 11.0. The van der Waals surface area contributed by atoms with Crippen molar-refractivity contribution in [3.05, 3.63) is 0 Å². The number of esters is 1. The molecule has 100 valence electrons. The van der Waals surface area contributed by atoms with Gasteiger partial charge in [0.1, 0.15) is 0 Å². The van der Waals surface area contributed by atoms with Crippen LogP contribution in [0.4, 0.5) is 0 Å². The van der Waals surface area contributed by atoms with Crippen molar-refractivity contribution >= 4 is 5.97 Å². The maximum atomic E-state index is 11.0. The zero-order chi connectivity index (χ0) is 12.7. The number of methoxy groups -OCH3 is 3. The smallest absolute Gasteiger partial charge is 0.305 e. The van der Waals surface area contributed by atoms with Gasteiger partial charge in [-0.15, -0.1) is 0 Å². The van der Waals surface area contributed by atoms with Gasteiger partial charge in [0.25, 0.3) is 0 Å². The molecule has 5 nitrogen and oxygen atoms in total. The maximum Gasteiger partial charge on any atom is 0.305 e. The quantitative estimate of drug-likeness (QED) is 0.413. The molecule has 0 bridgehead atoms. The Hall–Kier alpha value is -0.650. The second-order valence-corrected chi connectivity index (χ2v) is 4.30. The summed E-state index contributed by atoms with van der Waals surface area (Å²) in [6.07, 6.45) is 4.09. The standard InChI is InChI=1S/C12H23NO4/c1-15-11(14)7-5-4-6-10-12(16-2,17-3)8-9-13-10/h10,13H,4-9H2,1-3H3/t10-/m0/s1. The lowest BCUT2D eigenvalue weighted by Crippen LogP contribution is -2.45. The van der Waals surface area contributed by atoms with Crippen LogP contribution in [0, 0.1) is 0 Å². The van der Waals surface area contributed by atoms with Gasteiger partial charge in [-0.3, -0.25) is 4.79 Å². The number of rotatable bonds is 7. The number of hydrogen-bond donors (Lipinski definition) is 1. The van der Waals surface area contributed by atoms with E-state index >= 15 is 0 Å². The molecule has 1 saturated heterocycles. The average molecular weight is 245 g/mol. The van der Waals surface area contributed by atoms with Crippen molar-refractivity contribution in [2.75, 3.05) is 27.9 Å². The highest BCUT2D eigenvalue weighted by molar-refractivity contribution is 5.68. The van der Waals surface area contributed by atoms with Gasteiger partial charge < -0.3 is 19.5 Å². The Morgan fingerprint density at radius 3 is 2.59 bits per heavy atom. The fraction of sp³-hybridized carbons (Fsp3) is 0.917. The van der Waals surface area contributed by atoms with Crippen molar-refractivity contribution in [2.45, 2.75) is 43.9 Å². The molecule has 1 heterocycles. The summed E-state index contributed by atoms with van der Waals surface area (Å²) in [5.41, 5.74) is 0. The summed E-state index contributed by atoms with van der Waals surface area (Å²) in [5, 5.41) is 3.39. The second kappa shape index (κ2) is 6.93. The van der Waals surface area contributed by atoms with Crippen LogP contribution in [0.3, 0.4) is 0 Å². The Labute approximate surface area is 103 Å². The minimum Gasteiger partial charge on any atom is -0.469 e. The molecule has 0 aliphatic carbocycles. The van der Waals surface area contributed by atoms with Crippen molar-refractivity contribution in [3.63, 3.8) is 0 Å². The van der Waals surface area contributed by atoms with Crippen molar-refractivity contribution in [1.29, 1.82) is 0 Å². The number of unbranched alkanes of at least 4 members (excludes halogenated alkanes) is 1. The first kappa shape index (κ1) is 14.4. The minimum absolute atomic E-state index is 0.144. The van der Waals surface area contributed by atoms with Gasteiger partial charge >= 0.3 is 5.97 Å². The van der Waals surface area contributed by atoms with Crippen molar-refractivity contribution < 1.29 is 19.0 Å². The largest absolute Gasteiger partial charge is 0.469 e. The number of carbonyl (C=O) groups excluding carboxylic acids is 1. The molecule has 1 aliphatic rings. The molecule has 1 N–H and O–H groups in total. The van der Waals surface area contributed by atoms with Crippen LogP contribution >= 0.6 is 0 Å². The van der Waals surface area contributed by atoms with Crippen LogP contribution < -0.4 is 5.32 Å². The lowest BCUT2D eigenvalue weighted by molar-refractivity contribution is -0.211. The van der Waals surface area contributed by atoms with E-state index in [1.807, 2.05) is 0 Å². The van der Waals surface area contributed by atoms with Crippen LogP contribution in [0.2, 0.25) is 0 Å². The van der Waals surface area contributed by atoms with Crippen molar-refractivity contribution in [2.24, 2.45) is 0 Å². The molecule has 1 fully saturated rings. The van der Waals surface area contributed by atoms with E-state index in [1.165, 1.54) is 7.11 Å². The first-order chi connectivity index (χ1) is 8.18. The summed E-state index contributed by atoms with van der Waals surface area (Å²) in [4.78, 5) is 11.0. The summed E-state index contributed by atoms with van der Waals surface area (Å²) in [6, 6.07) is 0.204. The van der Waals surface area contributed by atoms with Crippen LogP contribution in [0.15, 0.2) is 0 Å². The third-order valence-corrected chi connectivity index (χ3v) is 3.44. The predicted octanol–water partition coefficient (Wildman–Crippen LogP) is 1.07. The van der Waals surface area contributed by atoms with E-state index in [0.29, 0.717) is 6.42 Å². The van der Waals surface area contributed by atoms with Crippen molar-refractivity contribution in [1.82, 2.24) is 5.32 Å². The molecule has 0 aromatic carbocycles. The van der Waals surface area contributed by atoms with E-state index in [1.54, 1.807) is 14.2 Å². The molecule has 1 atom stereocenters. The molecular weight excluding hydrogens is 222 g/mol. The third-order valence-electron chi connectivity index (χ3n) is 3.44. The van der Waals surface area contributed by atoms with Gasteiger partial charge in [-0.05, 0) is 12.8 Å². The highest BCUT2D eigenvalue weighted by Crippen LogP contribution is 2.29. The van der Waals surface area contributed by atoms with E-state index in [4.69, 9.17) is 9.47 Å². The molecule has 17 heavy (non-hydrogen) atoms. The summed E-state index contributed by atoms with van der Waals surface area (Å²) < 4.78 is 15.6. The van der Waals surface area contributed by atoms with Crippen LogP contribution in [0.1, 0.15) is 32.1 Å². The van der Waals surface area contributed by atoms with Gasteiger partial charge in [0.05, 0.1) is 13.2 Å². The lowest BCUT2D eigenvalue weighted by Gasteiger charge is -2.32. The van der Waals surface area contributed by atoms with E-state index < -0.39 is 5.79 Å². The number of carbonyl (C=O) groups is 1. The lowest BCUT2D eigenvalue weighted by atomic mass is 10.0. The van der Waals surface area contributed by atoms with Gasteiger partial charge in [-0.1, -0.05) is 6.42 Å². The molecule has 0 saturated carbocycles. The van der Waals surface area contributed by atoms with Gasteiger partial charge in [0, 0.05) is 33.6 Å². The first-order valence-corrected chi connectivity index (χ1v) is 6.09. The van der Waals surface area contributed by atoms with Gasteiger partial charge in [-0.2, -0.15) is 0 Å². The molecule has 0 aromatic rings. The molecule has 0 spiro atoms. The normalized spacial score (nSPS) is 22.6. The summed E-state index contributed by atoms with van der Waals surface area (Å²) in [7, 11) is 4.78. The summed E-state index contributed by atoms with van der Waals surface area (Å²) in [6.45, 7) is 0.906. The molecule has 0 aromatic heterocycles. The SMILES string of the molecule is COC(=O)CCCC[C@@H]1NCCC1(OC)OC. The van der Waals surface area contributed by atoms with E-state index in [0.717, 1.165) is 32.2 Å². The Kier molecular flexibility index (Phi) is 5.88. The maximum absolute atomic E-state index is 11.0. The van der Waals surface area contributed by atoms with E-state index in [2.05, 4.69) is 10.1 Å². The van der Waals surface area contributed by atoms with Gasteiger partial charge in [0.15, 0.2) is 5.79 Å². The van der Waals surface area contributed by atoms with E-state index in [-0.39, 0.29) is 12.0 Å². The monoisotopic (exact) mass is 245 g/mol. The number of nitrogens with one attached hydrogen (secondary N) is 1. The molecule has 1 aliphatic heterocycles. The third kappa shape index (κ3) is 3.66. The molecule has 0 amide bonds. The predicted molar refractivity (Wildman–Crippen MR) is 63.6 cm³/mol. The molecule has 5 heteroatoms. The fourth-order valence-electron chi connectivity index (χ4n) is 2.36. The number of hydrogen-bond acceptors (Lipinski definition) is 5. The Morgan fingerprint density at radius 1 is 1.29 bits per heavy atom. The van der Waals surface area contributed by atoms with Crippen molar-refractivity contribution in [3.8, 4) is 0 Å². The molecule has 0 radical (unpaired) electrons. The second-order valence-electron chi connectivity index (χ2n) is 4.30. The molecule has 1 rings (SSSR count). The van der Waals surface area contributed by atoms with Crippen LogP contribution in [0.5, 0.6) is 0 Å². The Bertz CT molecular complexity index is 241. The fourth-order valence-corrected chi connectivity index (χ4v) is 2.36.